The Balaban J connectivity index is 2.00. The molecule has 1 saturated heterocycles. The SMILES string of the molecule is CCCCOC(=O)N1CCC[C@H]1C(=O)c1ccccc1. The van der Waals surface area contributed by atoms with E-state index in [1.165, 1.54) is 0 Å². The van der Waals surface area contributed by atoms with Gasteiger partial charge in [-0.05, 0) is 19.3 Å². The molecule has 108 valence electrons. The number of benzene rings is 1. The molecule has 0 spiro atoms. The Bertz CT molecular complexity index is 458. The Labute approximate surface area is 119 Å². The fourth-order valence-electron chi connectivity index (χ4n) is 2.44. The lowest BCUT2D eigenvalue weighted by molar-refractivity contribution is 0.0757. The average molecular weight is 275 g/mol. The zero-order valence-electron chi connectivity index (χ0n) is 11.9. The zero-order valence-corrected chi connectivity index (χ0v) is 11.9. The lowest BCUT2D eigenvalue weighted by Crippen LogP contribution is -2.41. The third-order valence-corrected chi connectivity index (χ3v) is 3.57. The summed E-state index contributed by atoms with van der Waals surface area (Å²) >= 11 is 0. The second-order valence-electron chi connectivity index (χ2n) is 5.05. The first kappa shape index (κ1) is 14.6. The van der Waals surface area contributed by atoms with Gasteiger partial charge < -0.3 is 4.74 Å². The van der Waals surface area contributed by atoms with Crippen molar-refractivity contribution in [3.63, 3.8) is 0 Å². The highest BCUT2D eigenvalue weighted by Crippen LogP contribution is 2.22. The van der Waals surface area contributed by atoms with Crippen LogP contribution in [-0.2, 0) is 4.74 Å². The van der Waals surface area contributed by atoms with E-state index in [1.54, 1.807) is 17.0 Å². The van der Waals surface area contributed by atoms with Gasteiger partial charge in [0.15, 0.2) is 5.78 Å². The number of rotatable bonds is 5. The van der Waals surface area contributed by atoms with E-state index in [4.69, 9.17) is 4.74 Å². The van der Waals surface area contributed by atoms with Gasteiger partial charge >= 0.3 is 6.09 Å². The number of hydrogen-bond acceptors (Lipinski definition) is 3. The van der Waals surface area contributed by atoms with Crippen LogP contribution in [0, 0.1) is 0 Å². The van der Waals surface area contributed by atoms with Gasteiger partial charge in [0.2, 0.25) is 0 Å². The van der Waals surface area contributed by atoms with E-state index in [9.17, 15) is 9.59 Å². The molecule has 1 amide bonds. The second kappa shape index (κ2) is 7.08. The maximum atomic E-state index is 12.4. The summed E-state index contributed by atoms with van der Waals surface area (Å²) in [5.41, 5.74) is 0.658. The molecule has 1 aliphatic heterocycles. The van der Waals surface area contributed by atoms with Crippen molar-refractivity contribution in [2.45, 2.75) is 38.6 Å². The van der Waals surface area contributed by atoms with Gasteiger partial charge in [-0.1, -0.05) is 43.7 Å². The molecule has 4 nitrogen and oxygen atoms in total. The van der Waals surface area contributed by atoms with Crippen LogP contribution in [0.1, 0.15) is 43.0 Å². The molecule has 1 fully saturated rings. The van der Waals surface area contributed by atoms with Crippen LogP contribution in [-0.4, -0.2) is 36.0 Å². The summed E-state index contributed by atoms with van der Waals surface area (Å²) in [4.78, 5) is 26.0. The van der Waals surface area contributed by atoms with E-state index in [1.807, 2.05) is 25.1 Å². The fourth-order valence-corrected chi connectivity index (χ4v) is 2.44. The van der Waals surface area contributed by atoms with Gasteiger partial charge in [-0.2, -0.15) is 0 Å². The van der Waals surface area contributed by atoms with Crippen LogP contribution >= 0.6 is 0 Å². The van der Waals surface area contributed by atoms with Gasteiger partial charge in [0.05, 0.1) is 12.6 Å². The molecule has 0 bridgehead atoms. The average Bonchev–Trinajstić information content (AvgIpc) is 2.97. The van der Waals surface area contributed by atoms with E-state index in [2.05, 4.69) is 0 Å². The number of unbranched alkanes of at least 4 members (excludes halogenated alkanes) is 1. The molecule has 0 aromatic heterocycles. The molecule has 1 atom stereocenters. The minimum Gasteiger partial charge on any atom is -0.449 e. The van der Waals surface area contributed by atoms with Crippen LogP contribution in [0.4, 0.5) is 4.79 Å². The number of ether oxygens (including phenoxy) is 1. The number of hydrogen-bond donors (Lipinski definition) is 0. The molecule has 0 radical (unpaired) electrons. The monoisotopic (exact) mass is 275 g/mol. The summed E-state index contributed by atoms with van der Waals surface area (Å²) in [7, 11) is 0. The Morgan fingerprint density at radius 1 is 1.30 bits per heavy atom. The molecular weight excluding hydrogens is 254 g/mol. The topological polar surface area (TPSA) is 46.6 Å². The molecule has 0 saturated carbocycles. The van der Waals surface area contributed by atoms with E-state index in [-0.39, 0.29) is 17.9 Å². The van der Waals surface area contributed by atoms with Crippen molar-refractivity contribution < 1.29 is 14.3 Å². The summed E-state index contributed by atoms with van der Waals surface area (Å²) < 4.78 is 5.22. The van der Waals surface area contributed by atoms with Crippen molar-refractivity contribution in [3.05, 3.63) is 35.9 Å². The third kappa shape index (κ3) is 3.38. The van der Waals surface area contributed by atoms with Crippen LogP contribution in [0.3, 0.4) is 0 Å². The van der Waals surface area contributed by atoms with E-state index in [0.29, 0.717) is 18.7 Å². The lowest BCUT2D eigenvalue weighted by atomic mass is 10.0. The summed E-state index contributed by atoms with van der Waals surface area (Å²) in [6.45, 7) is 3.08. The first-order chi connectivity index (χ1) is 9.74. The predicted octanol–water partition coefficient (Wildman–Crippen LogP) is 3.27. The normalized spacial score (nSPS) is 18.1. The standard InChI is InChI=1S/C16H21NO3/c1-2-3-12-20-16(19)17-11-7-10-14(17)15(18)13-8-5-4-6-9-13/h4-6,8-9,14H,2-3,7,10-12H2,1H3/t14-/m0/s1. The maximum Gasteiger partial charge on any atom is 0.410 e. The largest absolute Gasteiger partial charge is 0.449 e. The lowest BCUT2D eigenvalue weighted by Gasteiger charge is -2.23. The van der Waals surface area contributed by atoms with Gasteiger partial charge in [-0.15, -0.1) is 0 Å². The minimum absolute atomic E-state index is 0.00976. The Morgan fingerprint density at radius 3 is 2.75 bits per heavy atom. The Kier molecular flexibility index (Phi) is 5.16. The molecule has 1 aliphatic rings. The molecule has 1 aromatic carbocycles. The van der Waals surface area contributed by atoms with E-state index in [0.717, 1.165) is 25.7 Å². The van der Waals surface area contributed by atoms with Gasteiger partial charge in [-0.3, -0.25) is 9.69 Å². The van der Waals surface area contributed by atoms with Crippen molar-refractivity contribution in [2.75, 3.05) is 13.2 Å². The highest BCUT2D eigenvalue weighted by molar-refractivity contribution is 6.01. The summed E-state index contributed by atoms with van der Waals surface area (Å²) in [6, 6.07) is 8.77. The van der Waals surface area contributed by atoms with Crippen molar-refractivity contribution in [3.8, 4) is 0 Å². The summed E-state index contributed by atoms with van der Waals surface area (Å²) in [5, 5.41) is 0. The quantitative estimate of drug-likeness (QED) is 0.612. The molecule has 4 heteroatoms. The molecule has 1 heterocycles. The zero-order chi connectivity index (χ0) is 14.4. The minimum atomic E-state index is -0.369. The van der Waals surface area contributed by atoms with E-state index < -0.39 is 0 Å². The summed E-state index contributed by atoms with van der Waals surface area (Å²) in [6.07, 6.45) is 3.06. The van der Waals surface area contributed by atoms with Crippen LogP contribution < -0.4 is 0 Å². The highest BCUT2D eigenvalue weighted by Gasteiger charge is 2.35. The van der Waals surface area contributed by atoms with Crippen LogP contribution in [0.2, 0.25) is 0 Å². The predicted molar refractivity (Wildman–Crippen MR) is 76.8 cm³/mol. The van der Waals surface area contributed by atoms with Crippen LogP contribution in [0.25, 0.3) is 0 Å². The van der Waals surface area contributed by atoms with E-state index >= 15 is 0 Å². The van der Waals surface area contributed by atoms with Crippen molar-refractivity contribution in [1.82, 2.24) is 4.90 Å². The molecule has 0 aliphatic carbocycles. The molecule has 0 N–H and O–H groups in total. The van der Waals surface area contributed by atoms with Crippen LogP contribution in [0.5, 0.6) is 0 Å². The number of Topliss-reactive ketones (excluding diaryl/α,β-unsaturated/α-hetero) is 1. The molecule has 0 unspecified atom stereocenters. The molecule has 1 aromatic rings. The van der Waals surface area contributed by atoms with Gasteiger partial charge in [0, 0.05) is 12.1 Å². The first-order valence-electron chi connectivity index (χ1n) is 7.26. The molecular formula is C16H21NO3. The fraction of sp³-hybridized carbons (Fsp3) is 0.500. The van der Waals surface area contributed by atoms with Crippen molar-refractivity contribution in [1.29, 1.82) is 0 Å². The number of likely N-dealkylation sites (tertiary alicyclic amines) is 1. The second-order valence-corrected chi connectivity index (χ2v) is 5.05. The molecule has 2 rings (SSSR count). The maximum absolute atomic E-state index is 12.4. The Morgan fingerprint density at radius 2 is 2.05 bits per heavy atom. The smallest absolute Gasteiger partial charge is 0.410 e. The van der Waals surface area contributed by atoms with Crippen molar-refractivity contribution >= 4 is 11.9 Å². The van der Waals surface area contributed by atoms with Crippen LogP contribution in [0.15, 0.2) is 30.3 Å². The number of carbonyl (C=O) groups excluding carboxylic acids is 2. The van der Waals surface area contributed by atoms with Crippen molar-refractivity contribution in [2.24, 2.45) is 0 Å². The highest BCUT2D eigenvalue weighted by atomic mass is 16.6. The Hall–Kier alpha value is -1.84. The van der Waals surface area contributed by atoms with Gasteiger partial charge in [0.25, 0.3) is 0 Å². The number of carbonyl (C=O) groups is 2. The summed E-state index contributed by atoms with van der Waals surface area (Å²) in [5.74, 6) is 0.00976. The number of nitrogens with zero attached hydrogens (tertiary/aromatic N) is 1. The van der Waals surface area contributed by atoms with Gasteiger partial charge in [-0.25, -0.2) is 4.79 Å². The third-order valence-electron chi connectivity index (χ3n) is 3.57. The number of ketones is 1. The molecule has 20 heavy (non-hydrogen) atoms. The first-order valence-corrected chi connectivity index (χ1v) is 7.26. The van der Waals surface area contributed by atoms with Gasteiger partial charge in [0.1, 0.15) is 0 Å². The number of amides is 1.